The smallest absolute Gasteiger partial charge is 0.391 e. The number of hydrogen-bond donors (Lipinski definition) is 3. The summed E-state index contributed by atoms with van der Waals surface area (Å²) < 4.78 is 36.3. The lowest BCUT2D eigenvalue weighted by molar-refractivity contribution is -0.138. The average Bonchev–Trinajstić information content (AvgIpc) is 2.13. The molecular formula is C11H14F3N3O. The van der Waals surface area contributed by atoms with Gasteiger partial charge >= 0.3 is 6.18 Å². The number of benzene rings is 1. The molecule has 0 aliphatic heterocycles. The van der Waals surface area contributed by atoms with Gasteiger partial charge in [-0.05, 0) is 25.1 Å². The molecule has 0 bridgehead atoms. The second kappa shape index (κ2) is 5.16. The molecule has 0 heterocycles. The van der Waals surface area contributed by atoms with Crippen LogP contribution in [0.1, 0.15) is 23.7 Å². The molecule has 0 fully saturated rings. The van der Waals surface area contributed by atoms with E-state index >= 15 is 0 Å². The summed E-state index contributed by atoms with van der Waals surface area (Å²) in [4.78, 5) is 11.7. The van der Waals surface area contributed by atoms with E-state index < -0.39 is 24.5 Å². The Hall–Kier alpha value is -1.92. The summed E-state index contributed by atoms with van der Waals surface area (Å²) in [7, 11) is 0. The SMILES string of the molecule is CC(CC(F)(F)F)NC(=O)c1ccc(N)cc1N. The van der Waals surface area contributed by atoms with Gasteiger partial charge in [-0.25, -0.2) is 0 Å². The molecule has 1 aromatic carbocycles. The summed E-state index contributed by atoms with van der Waals surface area (Å²) in [5, 5.41) is 2.23. The van der Waals surface area contributed by atoms with Crippen molar-refractivity contribution in [2.45, 2.75) is 25.6 Å². The van der Waals surface area contributed by atoms with E-state index in [4.69, 9.17) is 11.5 Å². The number of carbonyl (C=O) groups excluding carboxylic acids is 1. The third-order valence-corrected chi connectivity index (χ3v) is 2.24. The molecule has 0 spiro atoms. The average molecular weight is 261 g/mol. The molecule has 0 saturated heterocycles. The van der Waals surface area contributed by atoms with Gasteiger partial charge in [-0.1, -0.05) is 0 Å². The number of nitrogen functional groups attached to an aromatic ring is 2. The van der Waals surface area contributed by atoms with Gasteiger partial charge in [0.25, 0.3) is 5.91 Å². The number of halogens is 3. The van der Waals surface area contributed by atoms with Crippen LogP contribution in [0.5, 0.6) is 0 Å². The van der Waals surface area contributed by atoms with Crippen LogP contribution in [-0.4, -0.2) is 18.1 Å². The lowest BCUT2D eigenvalue weighted by Crippen LogP contribution is -2.36. The summed E-state index contributed by atoms with van der Waals surface area (Å²) in [6, 6.07) is 3.19. The standard InChI is InChI=1S/C11H14F3N3O/c1-6(5-11(12,13)14)17-10(18)8-3-2-7(15)4-9(8)16/h2-4,6H,5,15-16H2,1H3,(H,17,18). The molecule has 100 valence electrons. The van der Waals surface area contributed by atoms with Crippen molar-refractivity contribution >= 4 is 17.3 Å². The van der Waals surface area contributed by atoms with Crippen molar-refractivity contribution in [2.24, 2.45) is 0 Å². The minimum absolute atomic E-state index is 0.109. The molecule has 0 saturated carbocycles. The maximum atomic E-state index is 12.1. The van der Waals surface area contributed by atoms with Gasteiger partial charge < -0.3 is 16.8 Å². The monoisotopic (exact) mass is 261 g/mol. The van der Waals surface area contributed by atoms with Crippen molar-refractivity contribution in [2.75, 3.05) is 11.5 Å². The first-order chi connectivity index (χ1) is 8.19. The number of nitrogens with one attached hydrogen (secondary N) is 1. The molecule has 5 N–H and O–H groups in total. The largest absolute Gasteiger partial charge is 0.399 e. The molecule has 1 atom stereocenters. The minimum atomic E-state index is -4.32. The van der Waals surface area contributed by atoms with Crippen LogP contribution in [0, 0.1) is 0 Å². The molecule has 1 rings (SSSR count). The van der Waals surface area contributed by atoms with E-state index in [1.54, 1.807) is 0 Å². The van der Waals surface area contributed by atoms with Gasteiger partial charge in [-0.3, -0.25) is 4.79 Å². The highest BCUT2D eigenvalue weighted by atomic mass is 19.4. The molecule has 1 unspecified atom stereocenters. The predicted molar refractivity (Wildman–Crippen MR) is 62.9 cm³/mol. The first kappa shape index (κ1) is 14.1. The van der Waals surface area contributed by atoms with Gasteiger partial charge in [0, 0.05) is 17.4 Å². The summed E-state index contributed by atoms with van der Waals surface area (Å²) in [6.45, 7) is 1.28. The summed E-state index contributed by atoms with van der Waals surface area (Å²) in [6.07, 6.45) is -5.41. The maximum absolute atomic E-state index is 12.1. The molecule has 0 aliphatic carbocycles. The van der Waals surface area contributed by atoms with Crippen LogP contribution in [0.2, 0.25) is 0 Å². The first-order valence-electron chi connectivity index (χ1n) is 5.21. The highest BCUT2D eigenvalue weighted by molar-refractivity contribution is 5.99. The maximum Gasteiger partial charge on any atom is 0.391 e. The van der Waals surface area contributed by atoms with Crippen molar-refractivity contribution in [3.63, 3.8) is 0 Å². The normalized spacial score (nSPS) is 13.1. The number of hydrogen-bond acceptors (Lipinski definition) is 3. The van der Waals surface area contributed by atoms with E-state index in [9.17, 15) is 18.0 Å². The zero-order valence-corrected chi connectivity index (χ0v) is 9.71. The van der Waals surface area contributed by atoms with E-state index in [-0.39, 0.29) is 11.3 Å². The zero-order chi connectivity index (χ0) is 13.9. The summed E-state index contributed by atoms with van der Waals surface area (Å²) >= 11 is 0. The lowest BCUT2D eigenvalue weighted by atomic mass is 10.1. The molecular weight excluding hydrogens is 247 g/mol. The quantitative estimate of drug-likeness (QED) is 0.727. The lowest BCUT2D eigenvalue weighted by Gasteiger charge is -2.16. The number of carbonyl (C=O) groups is 1. The van der Waals surface area contributed by atoms with Crippen LogP contribution in [0.4, 0.5) is 24.5 Å². The van der Waals surface area contributed by atoms with Crippen LogP contribution < -0.4 is 16.8 Å². The Kier molecular flexibility index (Phi) is 4.05. The van der Waals surface area contributed by atoms with Gasteiger partial charge in [0.15, 0.2) is 0 Å². The summed E-state index contributed by atoms with van der Waals surface area (Å²) in [5.74, 6) is -0.649. The van der Waals surface area contributed by atoms with Crippen molar-refractivity contribution in [1.29, 1.82) is 0 Å². The predicted octanol–water partition coefficient (Wildman–Crippen LogP) is 1.92. The molecule has 7 heteroatoms. The third-order valence-electron chi connectivity index (χ3n) is 2.24. The molecule has 1 amide bonds. The number of anilines is 2. The van der Waals surface area contributed by atoms with Gasteiger partial charge in [-0.2, -0.15) is 13.2 Å². The highest BCUT2D eigenvalue weighted by Gasteiger charge is 2.30. The number of nitrogens with two attached hydrogens (primary N) is 2. The molecule has 0 radical (unpaired) electrons. The van der Waals surface area contributed by atoms with E-state index in [1.807, 2.05) is 0 Å². The van der Waals surface area contributed by atoms with Crippen molar-refractivity contribution in [3.8, 4) is 0 Å². The molecule has 0 aromatic heterocycles. The van der Waals surface area contributed by atoms with E-state index in [1.165, 1.54) is 25.1 Å². The van der Waals surface area contributed by atoms with E-state index in [0.29, 0.717) is 5.69 Å². The second-order valence-corrected chi connectivity index (χ2v) is 4.04. The first-order valence-corrected chi connectivity index (χ1v) is 5.21. The Morgan fingerprint density at radius 3 is 2.50 bits per heavy atom. The number of amides is 1. The van der Waals surface area contributed by atoms with Crippen LogP contribution in [0.3, 0.4) is 0 Å². The highest BCUT2D eigenvalue weighted by Crippen LogP contribution is 2.22. The number of alkyl halides is 3. The van der Waals surface area contributed by atoms with Crippen LogP contribution in [-0.2, 0) is 0 Å². The Labute approximate surface area is 102 Å². The van der Waals surface area contributed by atoms with Gasteiger partial charge in [0.2, 0.25) is 0 Å². The molecule has 0 aliphatic rings. The Morgan fingerprint density at radius 1 is 1.39 bits per heavy atom. The third kappa shape index (κ3) is 4.15. The topological polar surface area (TPSA) is 81.1 Å². The fourth-order valence-corrected chi connectivity index (χ4v) is 1.49. The van der Waals surface area contributed by atoms with E-state index in [2.05, 4.69) is 5.32 Å². The van der Waals surface area contributed by atoms with Crippen molar-refractivity contribution in [1.82, 2.24) is 5.32 Å². The van der Waals surface area contributed by atoms with Crippen molar-refractivity contribution < 1.29 is 18.0 Å². The molecule has 18 heavy (non-hydrogen) atoms. The van der Waals surface area contributed by atoms with Crippen molar-refractivity contribution in [3.05, 3.63) is 23.8 Å². The second-order valence-electron chi connectivity index (χ2n) is 4.04. The van der Waals surface area contributed by atoms with Crippen LogP contribution >= 0.6 is 0 Å². The van der Waals surface area contributed by atoms with E-state index in [0.717, 1.165) is 0 Å². The van der Waals surface area contributed by atoms with Gasteiger partial charge in [0.05, 0.1) is 12.0 Å². The minimum Gasteiger partial charge on any atom is -0.399 e. The fourth-order valence-electron chi connectivity index (χ4n) is 1.49. The Morgan fingerprint density at radius 2 is 2.00 bits per heavy atom. The van der Waals surface area contributed by atoms with Crippen LogP contribution in [0.25, 0.3) is 0 Å². The van der Waals surface area contributed by atoms with Gasteiger partial charge in [0.1, 0.15) is 0 Å². The fraction of sp³-hybridized carbons (Fsp3) is 0.364. The Balaban J connectivity index is 2.71. The molecule has 4 nitrogen and oxygen atoms in total. The molecule has 1 aromatic rings. The van der Waals surface area contributed by atoms with Gasteiger partial charge in [-0.15, -0.1) is 0 Å². The number of rotatable bonds is 3. The Bertz CT molecular complexity index is 446. The van der Waals surface area contributed by atoms with Crippen LogP contribution in [0.15, 0.2) is 18.2 Å². The summed E-state index contributed by atoms with van der Waals surface area (Å²) in [5.41, 5.74) is 11.6. The zero-order valence-electron chi connectivity index (χ0n) is 9.71.